The fourth-order valence-electron chi connectivity index (χ4n) is 2.62. The van der Waals surface area contributed by atoms with E-state index in [1.54, 1.807) is 0 Å². The van der Waals surface area contributed by atoms with Gasteiger partial charge in [0.05, 0.1) is 5.92 Å². The maximum absolute atomic E-state index is 11.6. The highest BCUT2D eigenvalue weighted by molar-refractivity contribution is 5.75. The summed E-state index contributed by atoms with van der Waals surface area (Å²) in [7, 11) is 0. The van der Waals surface area contributed by atoms with Gasteiger partial charge < -0.3 is 15.7 Å². The molecule has 2 amide bonds. The summed E-state index contributed by atoms with van der Waals surface area (Å²) in [5, 5.41) is 14.5. The molecular formula is C14H26N2O3. The van der Waals surface area contributed by atoms with E-state index in [4.69, 9.17) is 5.11 Å². The Morgan fingerprint density at radius 1 is 1.26 bits per heavy atom. The van der Waals surface area contributed by atoms with Crippen molar-refractivity contribution in [2.45, 2.75) is 40.0 Å². The topological polar surface area (TPSA) is 78.4 Å². The number of amides is 2. The fourth-order valence-corrected chi connectivity index (χ4v) is 2.62. The summed E-state index contributed by atoms with van der Waals surface area (Å²) in [5.74, 6) is -0.155. The van der Waals surface area contributed by atoms with Gasteiger partial charge in [-0.3, -0.25) is 4.79 Å². The van der Waals surface area contributed by atoms with Crippen LogP contribution >= 0.6 is 0 Å². The minimum Gasteiger partial charge on any atom is -0.481 e. The molecule has 0 aromatic heterocycles. The zero-order valence-corrected chi connectivity index (χ0v) is 12.1. The van der Waals surface area contributed by atoms with Gasteiger partial charge in [0.15, 0.2) is 0 Å². The predicted molar refractivity (Wildman–Crippen MR) is 73.9 cm³/mol. The summed E-state index contributed by atoms with van der Waals surface area (Å²) in [4.78, 5) is 22.6. The predicted octanol–water partition coefficient (Wildman–Crippen LogP) is 2.08. The van der Waals surface area contributed by atoms with Gasteiger partial charge >= 0.3 is 12.0 Å². The quantitative estimate of drug-likeness (QED) is 0.691. The van der Waals surface area contributed by atoms with Crippen molar-refractivity contribution in [1.29, 1.82) is 0 Å². The third-order valence-corrected chi connectivity index (χ3v) is 4.17. The maximum Gasteiger partial charge on any atom is 0.314 e. The van der Waals surface area contributed by atoms with E-state index in [1.165, 1.54) is 19.3 Å². The summed E-state index contributed by atoms with van der Waals surface area (Å²) in [5.41, 5.74) is 0. The van der Waals surface area contributed by atoms with Gasteiger partial charge in [0, 0.05) is 13.1 Å². The first kappa shape index (κ1) is 15.8. The summed E-state index contributed by atoms with van der Waals surface area (Å²) >= 11 is 0. The molecule has 0 aromatic carbocycles. The molecule has 110 valence electrons. The lowest BCUT2D eigenvalue weighted by Gasteiger charge is -2.19. The van der Waals surface area contributed by atoms with Crippen LogP contribution in [0.25, 0.3) is 0 Å². The molecule has 0 bridgehead atoms. The van der Waals surface area contributed by atoms with Crippen LogP contribution in [0.1, 0.15) is 40.0 Å². The third kappa shape index (κ3) is 5.09. The summed E-state index contributed by atoms with van der Waals surface area (Å²) in [6.45, 7) is 6.78. The SMILES string of the molecule is CC(C)C(CNC(=O)NCC1CCCC1C)C(=O)O. The van der Waals surface area contributed by atoms with Crippen molar-refractivity contribution in [3.63, 3.8) is 0 Å². The molecular weight excluding hydrogens is 244 g/mol. The normalized spacial score (nSPS) is 24.2. The summed E-state index contributed by atoms with van der Waals surface area (Å²) in [6.07, 6.45) is 3.65. The van der Waals surface area contributed by atoms with Crippen LogP contribution in [0.15, 0.2) is 0 Å². The second kappa shape index (κ2) is 7.36. The lowest BCUT2D eigenvalue weighted by atomic mass is 9.96. The maximum atomic E-state index is 11.6. The monoisotopic (exact) mass is 270 g/mol. The molecule has 0 spiro atoms. The Morgan fingerprint density at radius 3 is 2.42 bits per heavy atom. The zero-order valence-electron chi connectivity index (χ0n) is 12.1. The summed E-state index contributed by atoms with van der Waals surface area (Å²) < 4.78 is 0. The lowest BCUT2D eigenvalue weighted by molar-refractivity contribution is -0.142. The van der Waals surface area contributed by atoms with Crippen LogP contribution < -0.4 is 10.6 Å². The number of urea groups is 1. The first-order valence-corrected chi connectivity index (χ1v) is 7.16. The molecule has 1 rings (SSSR count). The van der Waals surface area contributed by atoms with E-state index >= 15 is 0 Å². The van der Waals surface area contributed by atoms with Gasteiger partial charge in [-0.05, 0) is 24.2 Å². The Bertz CT molecular complexity index is 318. The highest BCUT2D eigenvalue weighted by Gasteiger charge is 2.24. The Kier molecular flexibility index (Phi) is 6.12. The molecule has 1 fully saturated rings. The third-order valence-electron chi connectivity index (χ3n) is 4.17. The van der Waals surface area contributed by atoms with Crippen molar-refractivity contribution in [2.75, 3.05) is 13.1 Å². The number of carboxylic acid groups (broad SMARTS) is 1. The first-order valence-electron chi connectivity index (χ1n) is 7.16. The molecule has 3 unspecified atom stereocenters. The van der Waals surface area contributed by atoms with Crippen molar-refractivity contribution < 1.29 is 14.7 Å². The van der Waals surface area contributed by atoms with Gasteiger partial charge in [0.25, 0.3) is 0 Å². The van der Waals surface area contributed by atoms with Crippen LogP contribution in [-0.2, 0) is 4.79 Å². The Morgan fingerprint density at radius 2 is 1.95 bits per heavy atom. The summed E-state index contributed by atoms with van der Waals surface area (Å²) in [6, 6.07) is -0.258. The second-order valence-electron chi connectivity index (χ2n) is 5.95. The van der Waals surface area contributed by atoms with E-state index in [2.05, 4.69) is 17.6 Å². The minimum atomic E-state index is -0.861. The molecule has 0 aromatic rings. The lowest BCUT2D eigenvalue weighted by Crippen LogP contribution is -2.42. The van der Waals surface area contributed by atoms with Crippen LogP contribution in [0.3, 0.4) is 0 Å². The number of carboxylic acids is 1. The van der Waals surface area contributed by atoms with Gasteiger partial charge in [0.1, 0.15) is 0 Å². The number of rotatable bonds is 6. The van der Waals surface area contributed by atoms with Crippen molar-refractivity contribution >= 4 is 12.0 Å². The van der Waals surface area contributed by atoms with E-state index in [9.17, 15) is 9.59 Å². The smallest absolute Gasteiger partial charge is 0.314 e. The van der Waals surface area contributed by atoms with Crippen LogP contribution in [0.2, 0.25) is 0 Å². The van der Waals surface area contributed by atoms with Gasteiger partial charge in [-0.15, -0.1) is 0 Å². The van der Waals surface area contributed by atoms with Gasteiger partial charge in [-0.25, -0.2) is 4.79 Å². The van der Waals surface area contributed by atoms with E-state index in [0.29, 0.717) is 18.4 Å². The van der Waals surface area contributed by atoms with Crippen molar-refractivity contribution in [2.24, 2.45) is 23.7 Å². The van der Waals surface area contributed by atoms with Gasteiger partial charge in [-0.2, -0.15) is 0 Å². The molecule has 3 atom stereocenters. The molecule has 5 heteroatoms. The highest BCUT2D eigenvalue weighted by atomic mass is 16.4. The molecule has 0 heterocycles. The molecule has 0 radical (unpaired) electrons. The molecule has 5 nitrogen and oxygen atoms in total. The van der Waals surface area contributed by atoms with Gasteiger partial charge in [-0.1, -0.05) is 33.6 Å². The van der Waals surface area contributed by atoms with Crippen molar-refractivity contribution in [3.05, 3.63) is 0 Å². The average molecular weight is 270 g/mol. The number of carbonyl (C=O) groups excluding carboxylic acids is 1. The average Bonchev–Trinajstić information content (AvgIpc) is 2.71. The standard InChI is InChI=1S/C14H26N2O3/c1-9(2)12(13(17)18)8-16-14(19)15-7-11-6-4-5-10(11)3/h9-12H,4-8H2,1-3H3,(H,17,18)(H2,15,16,19). The van der Waals surface area contributed by atoms with Crippen molar-refractivity contribution in [1.82, 2.24) is 10.6 Å². The van der Waals surface area contributed by atoms with E-state index < -0.39 is 11.9 Å². The van der Waals surface area contributed by atoms with Crippen LogP contribution in [0, 0.1) is 23.7 Å². The highest BCUT2D eigenvalue weighted by Crippen LogP contribution is 2.30. The molecule has 0 saturated heterocycles. The molecule has 3 N–H and O–H groups in total. The van der Waals surface area contributed by atoms with Crippen molar-refractivity contribution in [3.8, 4) is 0 Å². The molecule has 1 saturated carbocycles. The minimum absolute atomic E-state index is 0.00709. The number of aliphatic carboxylic acids is 1. The first-order chi connectivity index (χ1) is 8.91. The fraction of sp³-hybridized carbons (Fsp3) is 0.857. The zero-order chi connectivity index (χ0) is 14.4. The van der Waals surface area contributed by atoms with E-state index in [1.807, 2.05) is 13.8 Å². The second-order valence-corrected chi connectivity index (χ2v) is 5.95. The molecule has 19 heavy (non-hydrogen) atoms. The number of hydrogen-bond acceptors (Lipinski definition) is 2. The van der Waals surface area contributed by atoms with Crippen LogP contribution in [0.5, 0.6) is 0 Å². The van der Waals surface area contributed by atoms with E-state index in [-0.39, 0.29) is 18.5 Å². The number of nitrogens with one attached hydrogen (secondary N) is 2. The van der Waals surface area contributed by atoms with Crippen LogP contribution in [0.4, 0.5) is 4.79 Å². The van der Waals surface area contributed by atoms with E-state index in [0.717, 1.165) is 0 Å². The molecule has 0 aliphatic heterocycles. The number of carbonyl (C=O) groups is 2. The Balaban J connectivity index is 2.25. The Hall–Kier alpha value is -1.26. The molecule has 1 aliphatic rings. The van der Waals surface area contributed by atoms with Crippen LogP contribution in [-0.4, -0.2) is 30.2 Å². The number of hydrogen-bond donors (Lipinski definition) is 3. The molecule has 1 aliphatic carbocycles. The van der Waals surface area contributed by atoms with Gasteiger partial charge in [0.2, 0.25) is 0 Å². The Labute approximate surface area is 115 Å². The largest absolute Gasteiger partial charge is 0.481 e.